The summed E-state index contributed by atoms with van der Waals surface area (Å²) in [6.45, 7) is 9.16. The molecule has 2 N–H and O–H groups in total. The van der Waals surface area contributed by atoms with Gasteiger partial charge in [0.15, 0.2) is 0 Å². The van der Waals surface area contributed by atoms with Crippen LogP contribution in [0.5, 0.6) is 5.75 Å². The molecule has 34 heavy (non-hydrogen) atoms. The van der Waals surface area contributed by atoms with Crippen LogP contribution in [0, 0.1) is 16.7 Å². The number of ether oxygens (including phenoxy) is 2. The third kappa shape index (κ3) is 4.59. The van der Waals surface area contributed by atoms with Gasteiger partial charge < -0.3 is 19.8 Å². The van der Waals surface area contributed by atoms with Crippen molar-refractivity contribution in [3.8, 4) is 22.9 Å². The van der Waals surface area contributed by atoms with Crippen molar-refractivity contribution in [2.24, 2.45) is 5.41 Å². The molecular formula is C28H32N4O2. The number of rotatable bonds is 4. The first-order valence-corrected chi connectivity index (χ1v) is 12.1. The van der Waals surface area contributed by atoms with Crippen molar-refractivity contribution >= 4 is 16.6 Å². The summed E-state index contributed by atoms with van der Waals surface area (Å²) in [6, 6.07) is 12.8. The summed E-state index contributed by atoms with van der Waals surface area (Å²) < 4.78 is 11.6. The Hall–Kier alpha value is -3.14. The van der Waals surface area contributed by atoms with Gasteiger partial charge >= 0.3 is 0 Å². The lowest BCUT2D eigenvalue weighted by molar-refractivity contribution is 0.0254. The van der Waals surface area contributed by atoms with E-state index in [1.165, 1.54) is 5.57 Å². The number of hydrogen-bond acceptors (Lipinski definition) is 5. The van der Waals surface area contributed by atoms with E-state index in [2.05, 4.69) is 54.3 Å². The normalized spacial score (nSPS) is 19.6. The maximum Gasteiger partial charge on any atom is 0.138 e. The van der Waals surface area contributed by atoms with Crippen LogP contribution in [0.15, 0.2) is 42.6 Å². The standard InChI is InChI=1S/C28H32N4O2/c1-28(2,3)26-15-19(6-10-30-26)24-16-23-22(7-11-31-27(23)32-24)18-4-5-25(20(14-18)17-29)34-21-8-12-33-13-9-21/h4-5,7,11,14-16,21,26,30H,6,8-10,12-13H2,1-3H3,(H,31,32). The maximum absolute atomic E-state index is 9.81. The Balaban J connectivity index is 1.48. The highest BCUT2D eigenvalue weighted by Gasteiger charge is 2.26. The molecule has 3 aromatic rings. The minimum Gasteiger partial charge on any atom is -0.489 e. The van der Waals surface area contributed by atoms with Gasteiger partial charge in [-0.1, -0.05) is 32.9 Å². The molecule has 2 aliphatic heterocycles. The number of nitriles is 1. The minimum atomic E-state index is 0.0988. The van der Waals surface area contributed by atoms with Crippen molar-refractivity contribution in [3.05, 3.63) is 53.9 Å². The van der Waals surface area contributed by atoms with Gasteiger partial charge in [-0.3, -0.25) is 0 Å². The zero-order chi connectivity index (χ0) is 23.7. The zero-order valence-electron chi connectivity index (χ0n) is 20.1. The molecule has 1 atom stereocenters. The van der Waals surface area contributed by atoms with Crippen molar-refractivity contribution in [1.82, 2.24) is 15.3 Å². The summed E-state index contributed by atoms with van der Waals surface area (Å²) in [5, 5.41) is 14.5. The van der Waals surface area contributed by atoms with Crippen LogP contribution < -0.4 is 10.1 Å². The molecule has 6 heteroatoms. The summed E-state index contributed by atoms with van der Waals surface area (Å²) in [4.78, 5) is 8.12. The second-order valence-electron chi connectivity index (χ2n) is 10.3. The number of fused-ring (bicyclic) bond motifs is 1. The van der Waals surface area contributed by atoms with Crippen LogP contribution in [-0.4, -0.2) is 41.9 Å². The molecule has 6 nitrogen and oxygen atoms in total. The van der Waals surface area contributed by atoms with Gasteiger partial charge in [-0.2, -0.15) is 5.26 Å². The SMILES string of the molecule is CC(C)(C)C1C=C(c2cc3c(-c4ccc(OC5CCOCC5)c(C#N)c4)ccnc3[nH]2)CCN1. The van der Waals surface area contributed by atoms with E-state index in [0.29, 0.717) is 30.6 Å². The second kappa shape index (κ2) is 9.25. The number of H-pyrrole nitrogens is 1. The quantitative estimate of drug-likeness (QED) is 0.545. The van der Waals surface area contributed by atoms with Crippen molar-refractivity contribution in [3.63, 3.8) is 0 Å². The Morgan fingerprint density at radius 2 is 1.97 bits per heavy atom. The fourth-order valence-electron chi connectivity index (χ4n) is 4.80. The topological polar surface area (TPSA) is 83.0 Å². The number of pyridine rings is 1. The van der Waals surface area contributed by atoms with Crippen LogP contribution in [0.3, 0.4) is 0 Å². The third-order valence-electron chi connectivity index (χ3n) is 6.81. The van der Waals surface area contributed by atoms with Crippen LogP contribution in [0.2, 0.25) is 0 Å². The Morgan fingerprint density at radius 1 is 1.15 bits per heavy atom. The van der Waals surface area contributed by atoms with E-state index in [-0.39, 0.29) is 11.5 Å². The first kappa shape index (κ1) is 22.6. The van der Waals surface area contributed by atoms with E-state index in [4.69, 9.17) is 9.47 Å². The summed E-state index contributed by atoms with van der Waals surface area (Å²) >= 11 is 0. The van der Waals surface area contributed by atoms with E-state index in [9.17, 15) is 5.26 Å². The molecule has 0 radical (unpaired) electrons. The molecular weight excluding hydrogens is 424 g/mol. The van der Waals surface area contributed by atoms with Crippen molar-refractivity contribution in [1.29, 1.82) is 5.26 Å². The first-order valence-electron chi connectivity index (χ1n) is 12.1. The summed E-state index contributed by atoms with van der Waals surface area (Å²) in [6.07, 6.45) is 6.96. The number of aromatic nitrogens is 2. The lowest BCUT2D eigenvalue weighted by Gasteiger charge is -2.33. The summed E-state index contributed by atoms with van der Waals surface area (Å²) in [7, 11) is 0. The van der Waals surface area contributed by atoms with Gasteiger partial charge in [0.25, 0.3) is 0 Å². The maximum atomic E-state index is 9.81. The van der Waals surface area contributed by atoms with E-state index >= 15 is 0 Å². The zero-order valence-corrected chi connectivity index (χ0v) is 20.1. The van der Waals surface area contributed by atoms with E-state index in [1.54, 1.807) is 0 Å². The van der Waals surface area contributed by atoms with Crippen molar-refractivity contribution in [2.75, 3.05) is 19.8 Å². The van der Waals surface area contributed by atoms with Gasteiger partial charge in [0.05, 0.1) is 18.8 Å². The average Bonchev–Trinajstić information content (AvgIpc) is 3.29. The molecule has 1 fully saturated rings. The molecule has 2 aromatic heterocycles. The third-order valence-corrected chi connectivity index (χ3v) is 6.81. The number of aromatic amines is 1. The first-order chi connectivity index (χ1) is 16.4. The lowest BCUT2D eigenvalue weighted by Crippen LogP contribution is -2.41. The summed E-state index contributed by atoms with van der Waals surface area (Å²) in [5.74, 6) is 0.645. The van der Waals surface area contributed by atoms with Crippen molar-refractivity contribution < 1.29 is 9.47 Å². The lowest BCUT2D eigenvalue weighted by atomic mass is 9.83. The molecule has 0 saturated carbocycles. The fourth-order valence-corrected chi connectivity index (χ4v) is 4.80. The number of nitrogens with one attached hydrogen (secondary N) is 2. The molecule has 1 aromatic carbocycles. The average molecular weight is 457 g/mol. The Kier molecular flexibility index (Phi) is 6.16. The molecule has 5 rings (SSSR count). The molecule has 1 unspecified atom stereocenters. The van der Waals surface area contributed by atoms with Crippen molar-refractivity contribution in [2.45, 2.75) is 52.2 Å². The Bertz CT molecular complexity index is 1260. The van der Waals surface area contributed by atoms with Gasteiger partial charge in [0.1, 0.15) is 23.6 Å². The molecule has 0 aliphatic carbocycles. The number of benzene rings is 1. The molecule has 2 aliphatic rings. The van der Waals surface area contributed by atoms with Gasteiger partial charge in [0.2, 0.25) is 0 Å². The number of hydrogen-bond donors (Lipinski definition) is 2. The van der Waals surface area contributed by atoms with E-state index < -0.39 is 0 Å². The van der Waals surface area contributed by atoms with Crippen LogP contribution in [0.1, 0.15) is 51.3 Å². The van der Waals surface area contributed by atoms with Gasteiger partial charge in [-0.25, -0.2) is 4.98 Å². The monoisotopic (exact) mass is 456 g/mol. The molecule has 176 valence electrons. The molecule has 0 bridgehead atoms. The predicted molar refractivity (Wildman–Crippen MR) is 135 cm³/mol. The fraction of sp³-hybridized carbons (Fsp3) is 0.429. The smallest absolute Gasteiger partial charge is 0.138 e. The van der Waals surface area contributed by atoms with E-state index in [1.807, 2.05) is 30.5 Å². The molecule has 1 saturated heterocycles. The highest BCUT2D eigenvalue weighted by atomic mass is 16.5. The van der Waals surface area contributed by atoms with Crippen LogP contribution in [0.25, 0.3) is 27.7 Å². The largest absolute Gasteiger partial charge is 0.489 e. The Morgan fingerprint density at radius 3 is 2.74 bits per heavy atom. The minimum absolute atomic E-state index is 0.0988. The van der Waals surface area contributed by atoms with E-state index in [0.717, 1.165) is 53.7 Å². The second-order valence-corrected chi connectivity index (χ2v) is 10.3. The summed E-state index contributed by atoms with van der Waals surface area (Å²) in [5.41, 5.74) is 6.05. The van der Waals surface area contributed by atoms with Crippen LogP contribution >= 0.6 is 0 Å². The molecule has 0 amide bonds. The predicted octanol–water partition coefficient (Wildman–Crippen LogP) is 5.45. The highest BCUT2D eigenvalue weighted by molar-refractivity contribution is 5.95. The molecule has 4 heterocycles. The Labute approximate surface area is 201 Å². The molecule has 0 spiro atoms. The highest BCUT2D eigenvalue weighted by Crippen LogP contribution is 2.35. The van der Waals surface area contributed by atoms with Gasteiger partial charge in [0, 0.05) is 36.2 Å². The number of nitrogens with zero attached hydrogens (tertiary/aromatic N) is 2. The van der Waals surface area contributed by atoms with Gasteiger partial charge in [-0.05, 0) is 59.3 Å². The van der Waals surface area contributed by atoms with Crippen LogP contribution in [0.4, 0.5) is 0 Å². The van der Waals surface area contributed by atoms with Gasteiger partial charge in [-0.15, -0.1) is 0 Å². The van der Waals surface area contributed by atoms with Crippen LogP contribution in [-0.2, 0) is 4.74 Å².